The summed E-state index contributed by atoms with van der Waals surface area (Å²) < 4.78 is 19.0. The zero-order valence-corrected chi connectivity index (χ0v) is 19.1. The maximum atomic E-state index is 6.18. The third-order valence-corrected chi connectivity index (χ3v) is 6.13. The summed E-state index contributed by atoms with van der Waals surface area (Å²) in [6.07, 6.45) is 0. The van der Waals surface area contributed by atoms with Gasteiger partial charge in [-0.15, -0.1) is 10.2 Å². The first kappa shape index (κ1) is 21.3. The molecule has 1 aromatic heterocycles. The van der Waals surface area contributed by atoms with Gasteiger partial charge in [0.25, 0.3) is 0 Å². The Labute approximate surface area is 182 Å². The quantitative estimate of drug-likeness (QED) is 0.382. The molecule has 2 aromatic carbocycles. The number of hydrogen-bond donors (Lipinski definition) is 1. The van der Waals surface area contributed by atoms with Crippen LogP contribution in [0, 0.1) is 13.8 Å². The van der Waals surface area contributed by atoms with Gasteiger partial charge in [-0.05, 0) is 42.7 Å². The van der Waals surface area contributed by atoms with Crippen LogP contribution < -0.4 is 20.1 Å². The lowest BCUT2D eigenvalue weighted by molar-refractivity contribution is 0.288. The van der Waals surface area contributed by atoms with Crippen molar-refractivity contribution in [1.29, 1.82) is 0 Å². The van der Waals surface area contributed by atoms with E-state index in [0.717, 1.165) is 26.9 Å². The summed E-state index contributed by atoms with van der Waals surface area (Å²) in [5.74, 6) is 9.56. The van der Waals surface area contributed by atoms with Gasteiger partial charge in [0.2, 0.25) is 5.16 Å². The van der Waals surface area contributed by atoms with Gasteiger partial charge < -0.3 is 20.1 Å². The molecule has 0 atom stereocenters. The number of aromatic nitrogens is 3. The predicted octanol–water partition coefficient (Wildman–Crippen LogP) is 4.26. The van der Waals surface area contributed by atoms with Crippen molar-refractivity contribution in [3.05, 3.63) is 57.3 Å². The Morgan fingerprint density at radius 3 is 2.38 bits per heavy atom. The van der Waals surface area contributed by atoms with Gasteiger partial charge in [0, 0.05) is 10.2 Å². The highest BCUT2D eigenvalue weighted by atomic mass is 79.9. The van der Waals surface area contributed by atoms with E-state index in [2.05, 4.69) is 26.1 Å². The lowest BCUT2D eigenvalue weighted by Gasteiger charge is -2.12. The molecule has 0 unspecified atom stereocenters. The summed E-state index contributed by atoms with van der Waals surface area (Å²) in [4.78, 5) is 0. The molecular formula is C20H23BrN4O3S. The molecule has 3 aromatic rings. The Morgan fingerprint density at radius 2 is 1.72 bits per heavy atom. The zero-order chi connectivity index (χ0) is 21.0. The topological polar surface area (TPSA) is 84.4 Å². The van der Waals surface area contributed by atoms with Crippen molar-refractivity contribution < 1.29 is 14.2 Å². The smallest absolute Gasteiger partial charge is 0.210 e. The fraction of sp³-hybridized carbons (Fsp3) is 0.300. The molecule has 0 fully saturated rings. The van der Waals surface area contributed by atoms with E-state index in [1.54, 1.807) is 14.2 Å². The molecule has 0 spiro atoms. The van der Waals surface area contributed by atoms with Crippen molar-refractivity contribution in [3.8, 4) is 17.2 Å². The molecule has 0 aliphatic heterocycles. The van der Waals surface area contributed by atoms with Crippen molar-refractivity contribution >= 4 is 27.7 Å². The average Bonchev–Trinajstić information content (AvgIpc) is 3.06. The lowest BCUT2D eigenvalue weighted by atomic mass is 10.1. The number of nitrogens with two attached hydrogens (primary N) is 1. The monoisotopic (exact) mass is 478 g/mol. The summed E-state index contributed by atoms with van der Waals surface area (Å²) in [6.45, 7) is 4.27. The zero-order valence-electron chi connectivity index (χ0n) is 16.7. The van der Waals surface area contributed by atoms with E-state index in [-0.39, 0.29) is 6.61 Å². The molecule has 0 amide bonds. The SMILES string of the molecule is COc1cc(Br)c(CSc2nnc(COc3c(C)cccc3C)n2N)cc1OC. The summed E-state index contributed by atoms with van der Waals surface area (Å²) in [6, 6.07) is 9.84. The molecule has 29 heavy (non-hydrogen) atoms. The third-order valence-electron chi connectivity index (χ3n) is 4.40. The normalized spacial score (nSPS) is 10.8. The number of aryl methyl sites for hydroxylation is 2. The van der Waals surface area contributed by atoms with Crippen LogP contribution in [0.25, 0.3) is 0 Å². The number of para-hydroxylation sites is 1. The number of thioether (sulfide) groups is 1. The fourth-order valence-corrected chi connectivity index (χ4v) is 4.33. The van der Waals surface area contributed by atoms with Gasteiger partial charge in [0.05, 0.1) is 14.2 Å². The average molecular weight is 479 g/mol. The van der Waals surface area contributed by atoms with E-state index in [4.69, 9.17) is 20.1 Å². The number of nitrogens with zero attached hydrogens (tertiary/aromatic N) is 3. The Balaban J connectivity index is 1.69. The van der Waals surface area contributed by atoms with E-state index < -0.39 is 0 Å². The molecule has 0 saturated heterocycles. The third kappa shape index (κ3) is 4.79. The molecule has 154 valence electrons. The van der Waals surface area contributed by atoms with E-state index in [0.29, 0.717) is 28.2 Å². The largest absolute Gasteiger partial charge is 0.493 e. The standard InChI is InChI=1S/C20H23BrN4O3S/c1-12-6-5-7-13(2)19(12)28-10-18-23-24-20(25(18)22)29-11-14-8-16(26-3)17(27-4)9-15(14)21/h5-9H,10-11,22H2,1-4H3. The fourth-order valence-electron chi connectivity index (χ4n) is 2.82. The summed E-state index contributed by atoms with van der Waals surface area (Å²) in [5, 5.41) is 8.97. The Morgan fingerprint density at radius 1 is 1.07 bits per heavy atom. The number of hydrogen-bond acceptors (Lipinski definition) is 7. The number of ether oxygens (including phenoxy) is 3. The van der Waals surface area contributed by atoms with Crippen molar-refractivity contribution in [2.24, 2.45) is 0 Å². The van der Waals surface area contributed by atoms with Crippen molar-refractivity contribution in [2.45, 2.75) is 31.4 Å². The Bertz CT molecular complexity index is 989. The van der Waals surface area contributed by atoms with E-state index >= 15 is 0 Å². The van der Waals surface area contributed by atoms with Gasteiger partial charge in [0.1, 0.15) is 12.4 Å². The Kier molecular flexibility index (Phi) is 6.92. The van der Waals surface area contributed by atoms with Gasteiger partial charge in [-0.1, -0.05) is 45.9 Å². The van der Waals surface area contributed by atoms with Gasteiger partial charge in [-0.3, -0.25) is 0 Å². The number of benzene rings is 2. The van der Waals surface area contributed by atoms with E-state index in [9.17, 15) is 0 Å². The predicted molar refractivity (Wildman–Crippen MR) is 117 cm³/mol. The van der Waals surface area contributed by atoms with Gasteiger partial charge in [-0.2, -0.15) is 0 Å². The molecule has 1 heterocycles. The van der Waals surface area contributed by atoms with Crippen LogP contribution in [0.1, 0.15) is 22.5 Å². The molecule has 0 aliphatic rings. The second-order valence-electron chi connectivity index (χ2n) is 6.37. The first-order valence-corrected chi connectivity index (χ1v) is 10.6. The van der Waals surface area contributed by atoms with Crippen molar-refractivity contribution in [1.82, 2.24) is 14.9 Å². The van der Waals surface area contributed by atoms with E-state index in [1.165, 1.54) is 16.4 Å². The first-order chi connectivity index (χ1) is 13.9. The van der Waals surface area contributed by atoms with Crippen LogP contribution in [0.2, 0.25) is 0 Å². The van der Waals surface area contributed by atoms with Crippen LogP contribution >= 0.6 is 27.7 Å². The highest BCUT2D eigenvalue weighted by molar-refractivity contribution is 9.10. The van der Waals surface area contributed by atoms with Crippen LogP contribution in [0.5, 0.6) is 17.2 Å². The second-order valence-corrected chi connectivity index (χ2v) is 8.16. The molecule has 7 nitrogen and oxygen atoms in total. The molecule has 2 N–H and O–H groups in total. The van der Waals surface area contributed by atoms with Crippen molar-refractivity contribution in [3.63, 3.8) is 0 Å². The summed E-state index contributed by atoms with van der Waals surface area (Å²) in [5.41, 5.74) is 3.17. The molecule has 0 bridgehead atoms. The minimum absolute atomic E-state index is 0.246. The second kappa shape index (κ2) is 9.41. The van der Waals surface area contributed by atoms with Crippen molar-refractivity contribution in [2.75, 3.05) is 20.1 Å². The number of methoxy groups -OCH3 is 2. The highest BCUT2D eigenvalue weighted by Gasteiger charge is 2.15. The molecule has 3 rings (SSSR count). The van der Waals surface area contributed by atoms with Gasteiger partial charge >= 0.3 is 0 Å². The molecule has 9 heteroatoms. The minimum Gasteiger partial charge on any atom is -0.493 e. The number of nitrogen functional groups attached to an aromatic ring is 1. The van der Waals surface area contributed by atoms with Crippen LogP contribution in [0.15, 0.2) is 40.0 Å². The van der Waals surface area contributed by atoms with Crippen LogP contribution in [0.3, 0.4) is 0 Å². The maximum absolute atomic E-state index is 6.18. The van der Waals surface area contributed by atoms with Gasteiger partial charge in [0.15, 0.2) is 17.3 Å². The van der Waals surface area contributed by atoms with E-state index in [1.807, 2.05) is 44.2 Å². The molecule has 0 aliphatic carbocycles. The van der Waals surface area contributed by atoms with Crippen LogP contribution in [0.4, 0.5) is 0 Å². The summed E-state index contributed by atoms with van der Waals surface area (Å²) >= 11 is 5.05. The molecule has 0 radical (unpaired) electrons. The highest BCUT2D eigenvalue weighted by Crippen LogP contribution is 2.35. The molecular weight excluding hydrogens is 456 g/mol. The first-order valence-electron chi connectivity index (χ1n) is 8.86. The maximum Gasteiger partial charge on any atom is 0.210 e. The molecule has 0 saturated carbocycles. The van der Waals surface area contributed by atoms with Crippen LogP contribution in [-0.4, -0.2) is 29.1 Å². The summed E-state index contributed by atoms with van der Waals surface area (Å²) in [7, 11) is 3.22. The van der Waals surface area contributed by atoms with Gasteiger partial charge in [-0.25, -0.2) is 4.68 Å². The Hall–Kier alpha value is -2.39. The number of halogens is 1. The lowest BCUT2D eigenvalue weighted by Crippen LogP contribution is -2.16. The number of rotatable bonds is 8. The minimum atomic E-state index is 0.246. The van der Waals surface area contributed by atoms with Crippen LogP contribution in [-0.2, 0) is 12.4 Å².